The number of amides is 1. The molecule has 12 heteroatoms. The molecule has 2 heterocycles. The summed E-state index contributed by atoms with van der Waals surface area (Å²) in [6, 6.07) is 2.95. The fourth-order valence-corrected chi connectivity index (χ4v) is 3.33. The molecule has 0 spiro atoms. The highest BCUT2D eigenvalue weighted by Gasteiger charge is 2.36. The number of nitrogens with zero attached hydrogens (tertiary/aromatic N) is 4. The third kappa shape index (κ3) is 5.62. The molecule has 1 aliphatic rings. The van der Waals surface area contributed by atoms with Crippen LogP contribution in [0, 0.1) is 6.92 Å². The number of halogens is 4. The Morgan fingerprint density at radius 1 is 1.30 bits per heavy atom. The number of rotatable bonds is 7. The highest BCUT2D eigenvalue weighted by Crippen LogP contribution is 2.36. The van der Waals surface area contributed by atoms with Gasteiger partial charge in [0.1, 0.15) is 17.1 Å². The zero-order chi connectivity index (χ0) is 24.2. The van der Waals surface area contributed by atoms with Crippen LogP contribution in [0.2, 0.25) is 0 Å². The summed E-state index contributed by atoms with van der Waals surface area (Å²) < 4.78 is 63.5. The van der Waals surface area contributed by atoms with Gasteiger partial charge in [-0.1, -0.05) is 0 Å². The van der Waals surface area contributed by atoms with Crippen molar-refractivity contribution in [1.82, 2.24) is 14.9 Å². The van der Waals surface area contributed by atoms with Gasteiger partial charge in [-0.3, -0.25) is 4.79 Å². The molecule has 1 aromatic heterocycles. The van der Waals surface area contributed by atoms with Crippen LogP contribution in [0.5, 0.6) is 5.75 Å². The van der Waals surface area contributed by atoms with Gasteiger partial charge in [0.25, 0.3) is 5.91 Å². The minimum Gasteiger partial charge on any atom is -0.461 e. The van der Waals surface area contributed by atoms with Crippen molar-refractivity contribution >= 4 is 23.4 Å². The molecule has 0 aliphatic carbocycles. The van der Waals surface area contributed by atoms with E-state index in [4.69, 9.17) is 9.47 Å². The molecular formula is C21H25F4N5O3. The summed E-state index contributed by atoms with van der Waals surface area (Å²) in [4.78, 5) is 23.6. The Hall–Kier alpha value is -3.15. The van der Waals surface area contributed by atoms with E-state index in [-0.39, 0.29) is 35.7 Å². The highest BCUT2D eigenvalue weighted by molar-refractivity contribution is 5.97. The van der Waals surface area contributed by atoms with Gasteiger partial charge in [0.2, 0.25) is 12.8 Å². The molecule has 33 heavy (non-hydrogen) atoms. The molecule has 1 amide bonds. The Kier molecular flexibility index (Phi) is 7.57. The summed E-state index contributed by atoms with van der Waals surface area (Å²) in [6.45, 7) is 4.23. The van der Waals surface area contributed by atoms with Crippen LogP contribution < -0.4 is 15.0 Å². The molecule has 1 aliphatic heterocycles. The minimum atomic E-state index is -4.63. The third-order valence-electron chi connectivity index (χ3n) is 5.22. The normalized spacial score (nSPS) is 14.2. The molecule has 0 radical (unpaired) electrons. The lowest BCUT2D eigenvalue weighted by molar-refractivity contribution is -0.137. The number of anilines is 3. The van der Waals surface area contributed by atoms with Gasteiger partial charge in [-0.2, -0.15) is 18.2 Å². The van der Waals surface area contributed by atoms with Crippen molar-refractivity contribution in [3.63, 3.8) is 0 Å². The van der Waals surface area contributed by atoms with Gasteiger partial charge < -0.3 is 24.6 Å². The second-order valence-electron chi connectivity index (χ2n) is 7.39. The number of carbonyl (C=O) groups excluding carboxylic acids is 1. The van der Waals surface area contributed by atoms with E-state index in [2.05, 4.69) is 15.3 Å². The lowest BCUT2D eigenvalue weighted by Gasteiger charge is -2.27. The van der Waals surface area contributed by atoms with E-state index < -0.39 is 18.6 Å². The number of morpholine rings is 1. The summed E-state index contributed by atoms with van der Waals surface area (Å²) in [5, 5.41) is 2.79. The molecule has 8 nitrogen and oxygen atoms in total. The van der Waals surface area contributed by atoms with E-state index in [1.54, 1.807) is 24.8 Å². The van der Waals surface area contributed by atoms with Crippen molar-refractivity contribution in [1.29, 1.82) is 0 Å². The van der Waals surface area contributed by atoms with E-state index in [1.807, 2.05) is 0 Å². The molecule has 1 aromatic carbocycles. The fraction of sp³-hybridized carbons (Fsp3) is 0.476. The molecule has 0 unspecified atom stereocenters. The van der Waals surface area contributed by atoms with Gasteiger partial charge >= 0.3 is 6.18 Å². The monoisotopic (exact) mass is 471 g/mol. The Morgan fingerprint density at radius 3 is 2.61 bits per heavy atom. The standard InChI is InChI=1S/C21H25F4N5O3/c1-4-29(3)18-15(21(23,24)25)11-26-20(28-18)27-16-9-13(2)14(10-17(16)33-12-22)19(31)30-5-7-32-8-6-30/h9-11H,4-8,12H2,1-3H3,(H,26,27,28). The number of alkyl halides is 4. The molecule has 1 N–H and O–H groups in total. The predicted molar refractivity (Wildman–Crippen MR) is 114 cm³/mol. The first-order valence-electron chi connectivity index (χ1n) is 10.3. The van der Waals surface area contributed by atoms with Crippen LogP contribution in [0.3, 0.4) is 0 Å². The number of ether oxygens (including phenoxy) is 2. The van der Waals surface area contributed by atoms with Gasteiger partial charge in [0, 0.05) is 38.4 Å². The van der Waals surface area contributed by atoms with Crippen LogP contribution >= 0.6 is 0 Å². The number of hydrogen-bond donors (Lipinski definition) is 1. The smallest absolute Gasteiger partial charge is 0.421 e. The van der Waals surface area contributed by atoms with Crippen LogP contribution in [-0.4, -0.2) is 67.5 Å². The van der Waals surface area contributed by atoms with Crippen LogP contribution in [0.15, 0.2) is 18.3 Å². The quantitative estimate of drug-likeness (QED) is 0.616. The Balaban J connectivity index is 1.96. The van der Waals surface area contributed by atoms with E-state index in [0.29, 0.717) is 43.6 Å². The third-order valence-corrected chi connectivity index (χ3v) is 5.22. The van der Waals surface area contributed by atoms with Gasteiger partial charge in [0.05, 0.1) is 18.9 Å². The maximum absolute atomic E-state index is 13.4. The fourth-order valence-electron chi connectivity index (χ4n) is 3.33. The number of benzene rings is 1. The summed E-state index contributed by atoms with van der Waals surface area (Å²) in [6.07, 6.45) is -3.94. The molecule has 180 valence electrons. The van der Waals surface area contributed by atoms with Crippen LogP contribution in [-0.2, 0) is 10.9 Å². The number of nitrogens with one attached hydrogen (secondary N) is 1. The summed E-state index contributed by atoms with van der Waals surface area (Å²) in [5.74, 6) is -0.669. The number of aromatic nitrogens is 2. The SMILES string of the molecule is CCN(C)c1nc(Nc2cc(C)c(C(=O)N3CCOCC3)cc2OCF)ncc1C(F)(F)F. The first-order valence-corrected chi connectivity index (χ1v) is 10.3. The second kappa shape index (κ2) is 10.2. The van der Waals surface area contributed by atoms with Crippen molar-refractivity contribution < 1.29 is 31.8 Å². The van der Waals surface area contributed by atoms with E-state index >= 15 is 0 Å². The lowest BCUT2D eigenvalue weighted by atomic mass is 10.1. The maximum Gasteiger partial charge on any atom is 0.421 e. The largest absolute Gasteiger partial charge is 0.461 e. The first kappa shape index (κ1) is 24.5. The maximum atomic E-state index is 13.4. The first-order chi connectivity index (χ1) is 15.7. The number of hydrogen-bond acceptors (Lipinski definition) is 7. The zero-order valence-electron chi connectivity index (χ0n) is 18.5. The Labute approximate surface area is 188 Å². The van der Waals surface area contributed by atoms with E-state index in [1.165, 1.54) is 18.0 Å². The summed E-state index contributed by atoms with van der Waals surface area (Å²) in [7, 11) is 1.48. The highest BCUT2D eigenvalue weighted by atomic mass is 19.4. The second-order valence-corrected chi connectivity index (χ2v) is 7.39. The van der Waals surface area contributed by atoms with Crippen molar-refractivity contribution in [2.75, 3.05) is 57.0 Å². The molecule has 3 rings (SSSR count). The minimum absolute atomic E-state index is 0.00797. The predicted octanol–water partition coefficient (Wildman–Crippen LogP) is 3.78. The van der Waals surface area contributed by atoms with Gasteiger partial charge in [-0.15, -0.1) is 0 Å². The Morgan fingerprint density at radius 2 is 2.00 bits per heavy atom. The zero-order valence-corrected chi connectivity index (χ0v) is 18.5. The molecular weight excluding hydrogens is 446 g/mol. The van der Waals surface area contributed by atoms with E-state index in [0.717, 1.165) is 0 Å². The topological polar surface area (TPSA) is 79.8 Å². The Bertz CT molecular complexity index is 997. The van der Waals surface area contributed by atoms with Crippen LogP contribution in [0.1, 0.15) is 28.4 Å². The molecule has 1 saturated heterocycles. The lowest BCUT2D eigenvalue weighted by Crippen LogP contribution is -2.41. The number of carbonyl (C=O) groups is 1. The van der Waals surface area contributed by atoms with E-state index in [9.17, 15) is 22.4 Å². The van der Waals surface area contributed by atoms with Crippen molar-refractivity contribution in [3.05, 3.63) is 35.0 Å². The number of aryl methyl sites for hydroxylation is 1. The summed E-state index contributed by atoms with van der Waals surface area (Å²) >= 11 is 0. The average molecular weight is 471 g/mol. The van der Waals surface area contributed by atoms with Gasteiger partial charge in [-0.05, 0) is 31.5 Å². The molecule has 0 atom stereocenters. The molecule has 0 saturated carbocycles. The molecule has 0 bridgehead atoms. The summed E-state index contributed by atoms with van der Waals surface area (Å²) in [5.41, 5.74) is 0.137. The van der Waals surface area contributed by atoms with Gasteiger partial charge in [-0.25, -0.2) is 9.37 Å². The van der Waals surface area contributed by atoms with Crippen molar-refractivity contribution in [2.24, 2.45) is 0 Å². The van der Waals surface area contributed by atoms with Crippen molar-refractivity contribution in [2.45, 2.75) is 20.0 Å². The molecule has 1 fully saturated rings. The molecule has 2 aromatic rings. The average Bonchev–Trinajstić information content (AvgIpc) is 2.79. The van der Waals surface area contributed by atoms with Crippen LogP contribution in [0.25, 0.3) is 0 Å². The van der Waals surface area contributed by atoms with Gasteiger partial charge in [0.15, 0.2) is 0 Å². The van der Waals surface area contributed by atoms with Crippen molar-refractivity contribution in [3.8, 4) is 5.75 Å². The van der Waals surface area contributed by atoms with Crippen LogP contribution in [0.4, 0.5) is 35.0 Å².